The molecule has 0 amide bonds. The Morgan fingerprint density at radius 1 is 1.18 bits per heavy atom. The van der Waals surface area contributed by atoms with Gasteiger partial charge in [0.15, 0.2) is 0 Å². The maximum absolute atomic E-state index is 4.48. The second-order valence-corrected chi connectivity index (χ2v) is 5.71. The number of hydrogen-bond donors (Lipinski definition) is 2. The van der Waals surface area contributed by atoms with Crippen molar-refractivity contribution in [2.24, 2.45) is 0 Å². The topological polar surface area (TPSA) is 44.0 Å². The number of benzene rings is 1. The number of nitrogens with one attached hydrogen (secondary N) is 2. The van der Waals surface area contributed by atoms with E-state index in [1.807, 2.05) is 6.20 Å². The van der Waals surface area contributed by atoms with Gasteiger partial charge in [0.25, 0.3) is 0 Å². The zero-order valence-corrected chi connectivity index (χ0v) is 13.6. The van der Waals surface area contributed by atoms with Crippen LogP contribution in [0.2, 0.25) is 0 Å². The van der Waals surface area contributed by atoms with Crippen LogP contribution in [0, 0.1) is 6.92 Å². The highest BCUT2D eigenvalue weighted by Crippen LogP contribution is 2.30. The van der Waals surface area contributed by atoms with Crippen LogP contribution in [0.5, 0.6) is 0 Å². The molecule has 0 aliphatic heterocycles. The lowest BCUT2D eigenvalue weighted by Gasteiger charge is -2.18. The number of fused-ring (bicyclic) bond motifs is 3. The van der Waals surface area contributed by atoms with Crippen LogP contribution in [-0.2, 0) is 0 Å². The molecular formula is C18H24N4. The molecule has 2 aromatic heterocycles. The van der Waals surface area contributed by atoms with E-state index in [-0.39, 0.29) is 0 Å². The van der Waals surface area contributed by atoms with Crippen LogP contribution in [0.4, 0.5) is 5.69 Å². The summed E-state index contributed by atoms with van der Waals surface area (Å²) in [5.74, 6) is 0. The average Bonchev–Trinajstić information content (AvgIpc) is 2.90. The van der Waals surface area contributed by atoms with Crippen LogP contribution in [-0.4, -0.2) is 41.0 Å². The Morgan fingerprint density at radius 3 is 2.77 bits per heavy atom. The second-order valence-electron chi connectivity index (χ2n) is 5.71. The number of anilines is 1. The van der Waals surface area contributed by atoms with Crippen molar-refractivity contribution in [2.75, 3.05) is 31.5 Å². The van der Waals surface area contributed by atoms with E-state index in [1.54, 1.807) is 0 Å². The van der Waals surface area contributed by atoms with Crippen molar-refractivity contribution in [3.63, 3.8) is 0 Å². The summed E-state index contributed by atoms with van der Waals surface area (Å²) in [6, 6.07) is 8.56. The van der Waals surface area contributed by atoms with Crippen molar-refractivity contribution >= 4 is 27.6 Å². The van der Waals surface area contributed by atoms with Gasteiger partial charge < -0.3 is 15.2 Å². The number of H-pyrrole nitrogens is 1. The summed E-state index contributed by atoms with van der Waals surface area (Å²) >= 11 is 0. The highest BCUT2D eigenvalue weighted by Gasteiger charge is 2.10. The Kier molecular flexibility index (Phi) is 4.29. The Labute approximate surface area is 131 Å². The standard InChI is InChI=1S/C18H24N4/c1-4-22(5-2)11-10-19-16-8-9-20-18-17(16)14-12-13(3)6-7-15(14)21-18/h6-9,12H,4-5,10-11H2,1-3H3,(H2,19,20,21). The predicted octanol–water partition coefficient (Wildman–Crippen LogP) is 3.78. The first-order valence-electron chi connectivity index (χ1n) is 8.06. The molecule has 0 radical (unpaired) electrons. The van der Waals surface area contributed by atoms with E-state index in [2.05, 4.69) is 65.2 Å². The molecule has 3 rings (SSSR count). The van der Waals surface area contributed by atoms with E-state index in [0.717, 1.165) is 43.0 Å². The third-order valence-corrected chi connectivity index (χ3v) is 4.29. The van der Waals surface area contributed by atoms with Crippen LogP contribution < -0.4 is 5.32 Å². The molecule has 4 heteroatoms. The highest BCUT2D eigenvalue weighted by atomic mass is 15.1. The third-order valence-electron chi connectivity index (χ3n) is 4.29. The van der Waals surface area contributed by atoms with E-state index in [4.69, 9.17) is 0 Å². The third kappa shape index (κ3) is 2.79. The van der Waals surface area contributed by atoms with E-state index < -0.39 is 0 Å². The molecule has 22 heavy (non-hydrogen) atoms. The van der Waals surface area contributed by atoms with Crippen molar-refractivity contribution in [3.05, 3.63) is 36.0 Å². The van der Waals surface area contributed by atoms with Crippen LogP contribution in [0.25, 0.3) is 21.9 Å². The second kappa shape index (κ2) is 6.36. The van der Waals surface area contributed by atoms with Gasteiger partial charge >= 0.3 is 0 Å². The van der Waals surface area contributed by atoms with Crippen molar-refractivity contribution in [1.82, 2.24) is 14.9 Å². The van der Waals surface area contributed by atoms with Crippen molar-refractivity contribution in [1.29, 1.82) is 0 Å². The van der Waals surface area contributed by atoms with Crippen LogP contribution in [0.1, 0.15) is 19.4 Å². The Morgan fingerprint density at radius 2 is 2.00 bits per heavy atom. The summed E-state index contributed by atoms with van der Waals surface area (Å²) in [5, 5.41) is 6.02. The Hall–Kier alpha value is -2.07. The molecule has 0 atom stereocenters. The van der Waals surface area contributed by atoms with Crippen molar-refractivity contribution < 1.29 is 0 Å². The molecule has 116 valence electrons. The quantitative estimate of drug-likeness (QED) is 0.727. The van der Waals surface area contributed by atoms with E-state index in [0.29, 0.717) is 0 Å². The van der Waals surface area contributed by atoms with Gasteiger partial charge in [-0.3, -0.25) is 0 Å². The fourth-order valence-corrected chi connectivity index (χ4v) is 2.97. The van der Waals surface area contributed by atoms with Gasteiger partial charge in [0.1, 0.15) is 5.65 Å². The number of pyridine rings is 1. The maximum atomic E-state index is 4.48. The molecule has 0 fully saturated rings. The van der Waals surface area contributed by atoms with Gasteiger partial charge in [-0.2, -0.15) is 0 Å². The number of aromatic nitrogens is 2. The van der Waals surface area contributed by atoms with E-state index in [1.165, 1.54) is 16.3 Å². The lowest BCUT2D eigenvalue weighted by atomic mass is 10.1. The summed E-state index contributed by atoms with van der Waals surface area (Å²) < 4.78 is 0. The molecule has 0 bridgehead atoms. The number of aromatic amines is 1. The van der Waals surface area contributed by atoms with Crippen LogP contribution in [0.3, 0.4) is 0 Å². The summed E-state index contributed by atoms with van der Waals surface area (Å²) in [6.45, 7) is 10.7. The van der Waals surface area contributed by atoms with Gasteiger partial charge in [-0.05, 0) is 38.2 Å². The minimum atomic E-state index is 0.944. The lowest BCUT2D eigenvalue weighted by Crippen LogP contribution is -2.28. The summed E-state index contributed by atoms with van der Waals surface area (Å²) in [6.07, 6.45) is 1.87. The SMILES string of the molecule is CCN(CC)CCNc1ccnc2[nH]c3ccc(C)cc3c12. The average molecular weight is 296 g/mol. The van der Waals surface area contributed by atoms with Gasteiger partial charge in [0, 0.05) is 41.3 Å². The van der Waals surface area contributed by atoms with Crippen molar-refractivity contribution in [3.8, 4) is 0 Å². The zero-order chi connectivity index (χ0) is 15.5. The van der Waals surface area contributed by atoms with E-state index in [9.17, 15) is 0 Å². The van der Waals surface area contributed by atoms with Gasteiger partial charge in [0.05, 0.1) is 0 Å². The number of nitrogens with zero attached hydrogens (tertiary/aromatic N) is 2. The predicted molar refractivity (Wildman–Crippen MR) is 94.6 cm³/mol. The van der Waals surface area contributed by atoms with Crippen LogP contribution in [0.15, 0.2) is 30.5 Å². The summed E-state index contributed by atoms with van der Waals surface area (Å²) in [4.78, 5) is 10.3. The molecule has 4 nitrogen and oxygen atoms in total. The minimum Gasteiger partial charge on any atom is -0.383 e. The zero-order valence-electron chi connectivity index (χ0n) is 13.6. The Bertz CT molecular complexity index is 771. The summed E-state index contributed by atoms with van der Waals surface area (Å²) in [5.41, 5.74) is 4.53. The molecule has 0 unspecified atom stereocenters. The number of hydrogen-bond acceptors (Lipinski definition) is 3. The largest absolute Gasteiger partial charge is 0.383 e. The van der Waals surface area contributed by atoms with Gasteiger partial charge in [0.2, 0.25) is 0 Å². The van der Waals surface area contributed by atoms with Crippen LogP contribution >= 0.6 is 0 Å². The molecule has 0 aliphatic rings. The lowest BCUT2D eigenvalue weighted by molar-refractivity contribution is 0.316. The fourth-order valence-electron chi connectivity index (χ4n) is 2.97. The fraction of sp³-hybridized carbons (Fsp3) is 0.389. The Balaban J connectivity index is 1.92. The number of aryl methyl sites for hydroxylation is 1. The molecule has 0 aliphatic carbocycles. The molecule has 1 aromatic carbocycles. The van der Waals surface area contributed by atoms with Gasteiger partial charge in [-0.25, -0.2) is 4.98 Å². The molecule has 0 saturated carbocycles. The smallest absolute Gasteiger partial charge is 0.140 e. The van der Waals surface area contributed by atoms with Gasteiger partial charge in [-0.1, -0.05) is 25.5 Å². The van der Waals surface area contributed by atoms with Gasteiger partial charge in [-0.15, -0.1) is 0 Å². The maximum Gasteiger partial charge on any atom is 0.140 e. The minimum absolute atomic E-state index is 0.944. The highest BCUT2D eigenvalue weighted by molar-refractivity contribution is 6.12. The van der Waals surface area contributed by atoms with Crippen molar-refractivity contribution in [2.45, 2.75) is 20.8 Å². The molecule has 0 saturated heterocycles. The monoisotopic (exact) mass is 296 g/mol. The normalized spacial score (nSPS) is 11.6. The summed E-state index contributed by atoms with van der Waals surface area (Å²) in [7, 11) is 0. The number of rotatable bonds is 6. The molecular weight excluding hydrogens is 272 g/mol. The first-order valence-corrected chi connectivity index (χ1v) is 8.06. The van der Waals surface area contributed by atoms with E-state index >= 15 is 0 Å². The molecule has 3 aromatic rings. The first kappa shape index (κ1) is 14.9. The molecule has 2 N–H and O–H groups in total. The molecule has 2 heterocycles. The molecule has 0 spiro atoms. The first-order chi connectivity index (χ1) is 10.7. The number of likely N-dealkylation sites (N-methyl/N-ethyl adjacent to an activating group) is 1.